The Morgan fingerprint density at radius 2 is 2.09 bits per heavy atom. The van der Waals surface area contributed by atoms with Gasteiger partial charge in [-0.2, -0.15) is 5.10 Å². The van der Waals surface area contributed by atoms with Gasteiger partial charge in [-0.25, -0.2) is 4.39 Å². The molecule has 0 spiro atoms. The zero-order valence-electron chi connectivity index (χ0n) is 12.8. The molecule has 1 aliphatic rings. The highest BCUT2D eigenvalue weighted by Gasteiger charge is 2.25. The molecule has 0 saturated heterocycles. The van der Waals surface area contributed by atoms with Crippen LogP contribution in [0.1, 0.15) is 5.69 Å². The molecule has 0 aliphatic carbocycles. The summed E-state index contributed by atoms with van der Waals surface area (Å²) in [4.78, 5) is 14.1. The molecule has 3 rings (SSSR count). The van der Waals surface area contributed by atoms with Crippen LogP contribution in [0.4, 0.5) is 4.39 Å². The number of aromatic nitrogens is 2. The first kappa shape index (κ1) is 15.5. The number of halogens is 1. The van der Waals surface area contributed by atoms with Gasteiger partial charge in [0.2, 0.25) is 0 Å². The summed E-state index contributed by atoms with van der Waals surface area (Å²) >= 11 is 0. The number of nitrogens with zero attached hydrogens (tertiary/aromatic N) is 3. The lowest BCUT2D eigenvalue weighted by atomic mass is 10.3. The first-order valence-corrected chi connectivity index (χ1v) is 7.35. The Morgan fingerprint density at radius 1 is 1.30 bits per heavy atom. The maximum Gasteiger partial charge on any atom is 0.260 e. The van der Waals surface area contributed by atoms with Gasteiger partial charge in [0.1, 0.15) is 11.6 Å². The van der Waals surface area contributed by atoms with Gasteiger partial charge in [0, 0.05) is 19.9 Å². The molecule has 0 radical (unpaired) electrons. The Morgan fingerprint density at radius 3 is 2.83 bits per heavy atom. The van der Waals surface area contributed by atoms with E-state index in [1.54, 1.807) is 18.2 Å². The summed E-state index contributed by atoms with van der Waals surface area (Å²) in [7, 11) is 1.62. The van der Waals surface area contributed by atoms with Crippen molar-refractivity contribution in [2.45, 2.75) is 19.2 Å². The van der Waals surface area contributed by atoms with Gasteiger partial charge in [-0.15, -0.1) is 0 Å². The van der Waals surface area contributed by atoms with Gasteiger partial charge < -0.3 is 14.4 Å². The third-order valence-corrected chi connectivity index (χ3v) is 3.82. The van der Waals surface area contributed by atoms with Crippen LogP contribution >= 0.6 is 0 Å². The molecule has 1 aromatic carbocycles. The molecule has 0 saturated carbocycles. The normalized spacial score (nSPS) is 17.5. The van der Waals surface area contributed by atoms with Crippen molar-refractivity contribution in [3.8, 4) is 5.75 Å². The first-order chi connectivity index (χ1) is 11.2. The van der Waals surface area contributed by atoms with Gasteiger partial charge in [0.15, 0.2) is 6.61 Å². The molecule has 2 heterocycles. The number of carbonyl (C=O) groups is 1. The second kappa shape index (κ2) is 6.78. The zero-order valence-corrected chi connectivity index (χ0v) is 12.8. The van der Waals surface area contributed by atoms with Gasteiger partial charge in [0.25, 0.3) is 5.91 Å². The van der Waals surface area contributed by atoms with Crippen molar-refractivity contribution in [3.05, 3.63) is 48.0 Å². The third-order valence-electron chi connectivity index (χ3n) is 3.82. The average molecular weight is 319 g/mol. The average Bonchev–Trinajstić information content (AvgIpc) is 2.91. The van der Waals surface area contributed by atoms with E-state index in [9.17, 15) is 9.18 Å². The van der Waals surface area contributed by atoms with Gasteiger partial charge in [-0.1, -0.05) is 0 Å². The Balaban J connectivity index is 1.65. The van der Waals surface area contributed by atoms with Crippen LogP contribution < -0.4 is 4.74 Å². The van der Waals surface area contributed by atoms with Crippen molar-refractivity contribution >= 4 is 5.91 Å². The minimum Gasteiger partial charge on any atom is -0.484 e. The number of methoxy groups -OCH3 is 1. The zero-order chi connectivity index (χ0) is 16.2. The lowest BCUT2D eigenvalue weighted by Gasteiger charge is -2.23. The molecule has 1 atom stereocenters. The smallest absolute Gasteiger partial charge is 0.260 e. The van der Waals surface area contributed by atoms with Gasteiger partial charge in [-0.05, 0) is 30.3 Å². The maximum atomic E-state index is 12.9. The largest absolute Gasteiger partial charge is 0.484 e. The Labute approximate surface area is 133 Å². The number of benzene rings is 1. The highest BCUT2D eigenvalue weighted by atomic mass is 19.1. The van der Waals surface area contributed by atoms with Crippen molar-refractivity contribution < 1.29 is 18.7 Å². The summed E-state index contributed by atoms with van der Waals surface area (Å²) in [6.45, 7) is 1.45. The molecule has 6 nitrogen and oxygen atoms in total. The van der Waals surface area contributed by atoms with Crippen LogP contribution in [-0.4, -0.2) is 47.0 Å². The number of carbonyl (C=O) groups excluding carboxylic acids is 1. The quantitative estimate of drug-likeness (QED) is 0.856. The van der Waals surface area contributed by atoms with E-state index < -0.39 is 0 Å². The molecule has 0 bridgehead atoms. The topological polar surface area (TPSA) is 56.6 Å². The molecule has 0 fully saturated rings. The van der Waals surface area contributed by atoms with Crippen molar-refractivity contribution in [2.24, 2.45) is 0 Å². The monoisotopic (exact) mass is 319 g/mol. The molecule has 1 amide bonds. The molecule has 122 valence electrons. The van der Waals surface area contributed by atoms with Gasteiger partial charge >= 0.3 is 0 Å². The molecular formula is C16H18FN3O3. The van der Waals surface area contributed by atoms with E-state index in [0.29, 0.717) is 25.4 Å². The molecule has 23 heavy (non-hydrogen) atoms. The lowest BCUT2D eigenvalue weighted by molar-refractivity contribution is -0.135. The Kier molecular flexibility index (Phi) is 4.57. The first-order valence-electron chi connectivity index (χ1n) is 7.35. The second-order valence-corrected chi connectivity index (χ2v) is 5.38. The van der Waals surface area contributed by atoms with E-state index in [4.69, 9.17) is 9.47 Å². The highest BCUT2D eigenvalue weighted by molar-refractivity contribution is 5.77. The summed E-state index contributed by atoms with van der Waals surface area (Å²) < 4.78 is 25.6. The van der Waals surface area contributed by atoms with Crippen molar-refractivity contribution in [2.75, 3.05) is 20.3 Å². The van der Waals surface area contributed by atoms with Gasteiger partial charge in [-0.3, -0.25) is 9.48 Å². The highest BCUT2D eigenvalue weighted by Crippen LogP contribution is 2.15. The predicted octanol–water partition coefficient (Wildman–Crippen LogP) is 1.46. The summed E-state index contributed by atoms with van der Waals surface area (Å²) in [5.41, 5.74) is 0.958. The molecule has 1 aliphatic heterocycles. The van der Waals surface area contributed by atoms with Crippen molar-refractivity contribution in [3.63, 3.8) is 0 Å². The van der Waals surface area contributed by atoms with E-state index in [0.717, 1.165) is 5.69 Å². The Hall–Kier alpha value is -2.41. The predicted molar refractivity (Wildman–Crippen MR) is 80.3 cm³/mol. The molecule has 7 heteroatoms. The minimum atomic E-state index is -0.340. The minimum absolute atomic E-state index is 0.101. The SMILES string of the molecule is COC1CN(C(=O)COc2ccc(F)cc2)Cc2ccnn2C1. The number of fused-ring (bicyclic) bond motifs is 1. The standard InChI is InChI=1S/C16H18FN3O3/c1-22-15-9-19(8-13-6-7-18-20(13)10-15)16(21)11-23-14-4-2-12(17)3-5-14/h2-7,15H,8-11H2,1H3. The lowest BCUT2D eigenvalue weighted by Crippen LogP contribution is -2.39. The summed E-state index contributed by atoms with van der Waals surface area (Å²) in [5.74, 6) is -0.0266. The third kappa shape index (κ3) is 3.68. The number of ether oxygens (including phenoxy) is 2. The van der Waals surface area contributed by atoms with Crippen LogP contribution in [0.15, 0.2) is 36.5 Å². The fraction of sp³-hybridized carbons (Fsp3) is 0.375. The van der Waals surface area contributed by atoms with E-state index in [2.05, 4.69) is 5.10 Å². The number of amides is 1. The summed E-state index contributed by atoms with van der Waals surface area (Å²) in [6, 6.07) is 7.48. The summed E-state index contributed by atoms with van der Waals surface area (Å²) in [5, 5.41) is 4.24. The van der Waals surface area contributed by atoms with Gasteiger partial charge in [0.05, 0.1) is 24.9 Å². The van der Waals surface area contributed by atoms with E-state index in [1.807, 2.05) is 10.7 Å². The van der Waals surface area contributed by atoms with Crippen LogP contribution in [0.5, 0.6) is 5.75 Å². The molecule has 2 aromatic rings. The number of rotatable bonds is 4. The van der Waals surface area contributed by atoms with Crippen LogP contribution in [0.2, 0.25) is 0 Å². The fourth-order valence-electron chi connectivity index (χ4n) is 2.52. The van der Waals surface area contributed by atoms with Crippen LogP contribution in [0.25, 0.3) is 0 Å². The van der Waals surface area contributed by atoms with Crippen LogP contribution in [-0.2, 0) is 22.6 Å². The van der Waals surface area contributed by atoms with Crippen molar-refractivity contribution in [1.82, 2.24) is 14.7 Å². The number of hydrogen-bond acceptors (Lipinski definition) is 4. The van der Waals surface area contributed by atoms with Crippen molar-refractivity contribution in [1.29, 1.82) is 0 Å². The van der Waals surface area contributed by atoms with E-state index >= 15 is 0 Å². The maximum absolute atomic E-state index is 12.9. The number of hydrogen-bond donors (Lipinski definition) is 0. The van der Waals surface area contributed by atoms with Crippen LogP contribution in [0, 0.1) is 5.82 Å². The molecule has 1 aromatic heterocycles. The van der Waals surface area contributed by atoms with Crippen LogP contribution in [0.3, 0.4) is 0 Å². The molecule has 1 unspecified atom stereocenters. The molecule has 0 N–H and O–H groups in total. The van der Waals surface area contributed by atoms with E-state index in [-0.39, 0.29) is 24.4 Å². The second-order valence-electron chi connectivity index (χ2n) is 5.38. The fourth-order valence-corrected chi connectivity index (χ4v) is 2.52. The Bertz CT molecular complexity index is 671. The molecular weight excluding hydrogens is 301 g/mol. The van der Waals surface area contributed by atoms with E-state index in [1.165, 1.54) is 24.3 Å². The summed E-state index contributed by atoms with van der Waals surface area (Å²) in [6.07, 6.45) is 1.59.